The molecule has 24 heavy (non-hydrogen) atoms. The third-order valence-corrected chi connectivity index (χ3v) is 5.48. The lowest BCUT2D eigenvalue weighted by molar-refractivity contribution is -0.189. The van der Waals surface area contributed by atoms with Crippen LogP contribution in [0, 0.1) is 11.8 Å². The monoisotopic (exact) mass is 330 g/mol. The standard InChI is InChI=1S/C19H26N2O3/c22-18(11-15-4-5-15)21-13-19(14-21)12-16(7-10-24-19)6-9-23-17-3-1-2-8-20-17/h1-3,8,15-16H,4-7,9-14H2. The Morgan fingerprint density at radius 1 is 1.29 bits per heavy atom. The summed E-state index contributed by atoms with van der Waals surface area (Å²) < 4.78 is 11.8. The summed E-state index contributed by atoms with van der Waals surface area (Å²) in [6.45, 7) is 3.08. The highest BCUT2D eigenvalue weighted by Gasteiger charge is 2.49. The van der Waals surface area contributed by atoms with Crippen LogP contribution in [-0.2, 0) is 9.53 Å². The molecule has 5 nitrogen and oxygen atoms in total. The van der Waals surface area contributed by atoms with Gasteiger partial charge in [0.25, 0.3) is 0 Å². The fourth-order valence-corrected chi connectivity index (χ4v) is 3.88. The van der Waals surface area contributed by atoms with E-state index in [0.29, 0.717) is 30.2 Å². The Morgan fingerprint density at radius 2 is 2.17 bits per heavy atom. The van der Waals surface area contributed by atoms with Gasteiger partial charge < -0.3 is 14.4 Å². The molecule has 3 aliphatic rings. The third kappa shape index (κ3) is 3.72. The van der Waals surface area contributed by atoms with Crippen LogP contribution in [0.15, 0.2) is 24.4 Å². The Bertz CT molecular complexity index is 567. The van der Waals surface area contributed by atoms with E-state index in [-0.39, 0.29) is 5.60 Å². The minimum absolute atomic E-state index is 0.0763. The zero-order valence-corrected chi connectivity index (χ0v) is 14.2. The maximum atomic E-state index is 12.2. The minimum Gasteiger partial charge on any atom is -0.478 e. The van der Waals surface area contributed by atoms with Crippen molar-refractivity contribution < 1.29 is 14.3 Å². The second-order valence-electron chi connectivity index (χ2n) is 7.59. The molecule has 1 atom stereocenters. The van der Waals surface area contributed by atoms with Crippen molar-refractivity contribution in [2.45, 2.75) is 44.1 Å². The largest absolute Gasteiger partial charge is 0.478 e. The fraction of sp³-hybridized carbons (Fsp3) is 0.684. The Kier molecular flexibility index (Phi) is 4.44. The van der Waals surface area contributed by atoms with Gasteiger partial charge in [-0.05, 0) is 50.0 Å². The summed E-state index contributed by atoms with van der Waals surface area (Å²) in [5.41, 5.74) is -0.0763. The number of carbonyl (C=O) groups excluding carboxylic acids is 1. The number of rotatable bonds is 6. The zero-order chi connectivity index (χ0) is 16.4. The number of likely N-dealkylation sites (tertiary alicyclic amines) is 1. The number of hydrogen-bond acceptors (Lipinski definition) is 4. The van der Waals surface area contributed by atoms with Gasteiger partial charge in [0, 0.05) is 25.3 Å². The van der Waals surface area contributed by atoms with Crippen LogP contribution in [0.3, 0.4) is 0 Å². The lowest BCUT2D eigenvalue weighted by atomic mass is 9.79. The van der Waals surface area contributed by atoms with E-state index in [2.05, 4.69) is 4.98 Å². The highest BCUT2D eigenvalue weighted by atomic mass is 16.5. The normalized spacial score (nSPS) is 25.3. The van der Waals surface area contributed by atoms with Crippen molar-refractivity contribution >= 4 is 5.91 Å². The molecule has 0 aromatic carbocycles. The van der Waals surface area contributed by atoms with Gasteiger partial charge in [-0.1, -0.05) is 6.07 Å². The number of aromatic nitrogens is 1. The van der Waals surface area contributed by atoms with Gasteiger partial charge in [0.05, 0.1) is 19.7 Å². The van der Waals surface area contributed by atoms with Crippen molar-refractivity contribution in [2.24, 2.45) is 11.8 Å². The van der Waals surface area contributed by atoms with E-state index in [1.807, 2.05) is 23.1 Å². The van der Waals surface area contributed by atoms with E-state index in [1.165, 1.54) is 12.8 Å². The van der Waals surface area contributed by atoms with E-state index in [1.54, 1.807) is 6.20 Å². The average molecular weight is 330 g/mol. The zero-order valence-electron chi connectivity index (χ0n) is 14.2. The number of amides is 1. The first-order chi connectivity index (χ1) is 11.7. The molecular formula is C19H26N2O3. The van der Waals surface area contributed by atoms with Gasteiger partial charge in [0.2, 0.25) is 11.8 Å². The molecule has 0 N–H and O–H groups in total. The second-order valence-corrected chi connectivity index (χ2v) is 7.59. The van der Waals surface area contributed by atoms with Gasteiger partial charge in [0.1, 0.15) is 5.60 Å². The highest BCUT2D eigenvalue weighted by molar-refractivity contribution is 5.78. The Morgan fingerprint density at radius 3 is 2.92 bits per heavy atom. The predicted octanol–water partition coefficient (Wildman–Crippen LogP) is 2.66. The molecule has 5 heteroatoms. The van der Waals surface area contributed by atoms with E-state index in [0.717, 1.165) is 45.4 Å². The van der Waals surface area contributed by atoms with Crippen LogP contribution < -0.4 is 4.74 Å². The maximum Gasteiger partial charge on any atom is 0.223 e. The van der Waals surface area contributed by atoms with Gasteiger partial charge in [-0.15, -0.1) is 0 Å². The topological polar surface area (TPSA) is 51.7 Å². The van der Waals surface area contributed by atoms with Crippen molar-refractivity contribution in [3.05, 3.63) is 24.4 Å². The van der Waals surface area contributed by atoms with Crippen LogP contribution in [0.4, 0.5) is 0 Å². The van der Waals surface area contributed by atoms with Crippen LogP contribution in [0.1, 0.15) is 38.5 Å². The molecule has 3 heterocycles. The molecule has 0 radical (unpaired) electrons. The molecule has 3 fully saturated rings. The van der Waals surface area contributed by atoms with E-state index >= 15 is 0 Å². The molecule has 0 bridgehead atoms. The van der Waals surface area contributed by atoms with Gasteiger partial charge >= 0.3 is 0 Å². The smallest absolute Gasteiger partial charge is 0.223 e. The van der Waals surface area contributed by atoms with Gasteiger partial charge in [0.15, 0.2) is 0 Å². The lowest BCUT2D eigenvalue weighted by Gasteiger charge is -2.53. The average Bonchev–Trinajstić information content (AvgIpc) is 3.38. The van der Waals surface area contributed by atoms with E-state index in [4.69, 9.17) is 9.47 Å². The summed E-state index contributed by atoms with van der Waals surface area (Å²) in [5, 5.41) is 0. The number of ether oxygens (including phenoxy) is 2. The van der Waals surface area contributed by atoms with E-state index < -0.39 is 0 Å². The van der Waals surface area contributed by atoms with Crippen LogP contribution in [-0.4, -0.2) is 47.7 Å². The molecule has 1 aliphatic carbocycles. The predicted molar refractivity (Wildman–Crippen MR) is 89.7 cm³/mol. The summed E-state index contributed by atoms with van der Waals surface area (Å²) in [7, 11) is 0. The molecule has 2 aliphatic heterocycles. The lowest BCUT2D eigenvalue weighted by Crippen LogP contribution is -2.66. The molecule has 1 spiro atoms. The first-order valence-electron chi connectivity index (χ1n) is 9.18. The van der Waals surface area contributed by atoms with E-state index in [9.17, 15) is 4.79 Å². The van der Waals surface area contributed by atoms with Crippen molar-refractivity contribution in [3.8, 4) is 5.88 Å². The Labute approximate surface area is 143 Å². The molecule has 4 rings (SSSR count). The van der Waals surface area contributed by atoms with Gasteiger partial charge in [-0.25, -0.2) is 4.98 Å². The summed E-state index contributed by atoms with van der Waals surface area (Å²) in [5.74, 6) is 2.30. The molecule has 1 saturated carbocycles. The first kappa shape index (κ1) is 15.9. The van der Waals surface area contributed by atoms with Crippen molar-refractivity contribution in [2.75, 3.05) is 26.3 Å². The molecule has 1 aromatic rings. The SMILES string of the molecule is O=C(CC1CC1)N1CC2(CC(CCOc3ccccn3)CCO2)C1. The van der Waals surface area contributed by atoms with Crippen LogP contribution in [0.25, 0.3) is 0 Å². The summed E-state index contributed by atoms with van der Waals surface area (Å²) in [6, 6.07) is 5.72. The molecule has 1 amide bonds. The minimum atomic E-state index is -0.0763. The number of carbonyl (C=O) groups is 1. The molecule has 2 saturated heterocycles. The Balaban J connectivity index is 1.21. The number of pyridine rings is 1. The number of hydrogen-bond donors (Lipinski definition) is 0. The van der Waals surface area contributed by atoms with Crippen LogP contribution >= 0.6 is 0 Å². The van der Waals surface area contributed by atoms with Crippen molar-refractivity contribution in [1.82, 2.24) is 9.88 Å². The van der Waals surface area contributed by atoms with Crippen LogP contribution in [0.5, 0.6) is 5.88 Å². The fourth-order valence-electron chi connectivity index (χ4n) is 3.88. The quantitative estimate of drug-likeness (QED) is 0.805. The molecule has 130 valence electrons. The van der Waals surface area contributed by atoms with Crippen LogP contribution in [0.2, 0.25) is 0 Å². The molecule has 1 unspecified atom stereocenters. The molecular weight excluding hydrogens is 304 g/mol. The third-order valence-electron chi connectivity index (χ3n) is 5.48. The summed E-state index contributed by atoms with van der Waals surface area (Å²) in [6.07, 6.45) is 8.13. The molecule has 1 aromatic heterocycles. The summed E-state index contributed by atoms with van der Waals surface area (Å²) >= 11 is 0. The van der Waals surface area contributed by atoms with Crippen molar-refractivity contribution in [3.63, 3.8) is 0 Å². The van der Waals surface area contributed by atoms with Gasteiger partial charge in [-0.3, -0.25) is 4.79 Å². The maximum absolute atomic E-state index is 12.2. The van der Waals surface area contributed by atoms with Gasteiger partial charge in [-0.2, -0.15) is 0 Å². The highest BCUT2D eigenvalue weighted by Crippen LogP contribution is 2.40. The summed E-state index contributed by atoms with van der Waals surface area (Å²) in [4.78, 5) is 18.3. The second kappa shape index (κ2) is 6.71. The Hall–Kier alpha value is -1.62. The number of nitrogens with zero attached hydrogens (tertiary/aromatic N) is 2. The first-order valence-corrected chi connectivity index (χ1v) is 9.18. The van der Waals surface area contributed by atoms with Crippen molar-refractivity contribution in [1.29, 1.82) is 0 Å².